The van der Waals surface area contributed by atoms with Crippen LogP contribution in [0.25, 0.3) is 0 Å². The molecule has 0 rings (SSSR count). The van der Waals surface area contributed by atoms with Gasteiger partial charge in [0.2, 0.25) is 5.91 Å². The molecule has 0 saturated heterocycles. The van der Waals surface area contributed by atoms with E-state index in [4.69, 9.17) is 0 Å². The van der Waals surface area contributed by atoms with Crippen molar-refractivity contribution in [2.75, 3.05) is 19.6 Å². The van der Waals surface area contributed by atoms with Crippen LogP contribution in [0, 0.1) is 0 Å². The zero-order valence-corrected chi connectivity index (χ0v) is 17.3. The lowest BCUT2D eigenvalue weighted by Gasteiger charge is -2.06. The number of rotatable bonds is 20. The van der Waals surface area contributed by atoms with Crippen LogP contribution in [0.1, 0.15) is 117 Å². The van der Waals surface area contributed by atoms with Crippen LogP contribution in [0.3, 0.4) is 0 Å². The maximum absolute atomic E-state index is 11.6. The van der Waals surface area contributed by atoms with E-state index in [2.05, 4.69) is 24.5 Å². The van der Waals surface area contributed by atoms with Gasteiger partial charge in [0.1, 0.15) is 0 Å². The summed E-state index contributed by atoms with van der Waals surface area (Å²) in [6, 6.07) is 0. The quantitative estimate of drug-likeness (QED) is 0.264. The monoisotopic (exact) mass is 354 g/mol. The SMILES string of the molecule is CCCCCCCCCCCCCCCCNC(=O)CCNCCC. The molecule has 0 aliphatic carbocycles. The predicted molar refractivity (Wildman–Crippen MR) is 111 cm³/mol. The van der Waals surface area contributed by atoms with Crippen LogP contribution in [0.5, 0.6) is 0 Å². The molecule has 0 unspecified atom stereocenters. The summed E-state index contributed by atoms with van der Waals surface area (Å²) in [5.41, 5.74) is 0. The Kier molecular flexibility index (Phi) is 21.0. The topological polar surface area (TPSA) is 41.1 Å². The van der Waals surface area contributed by atoms with Crippen LogP contribution in [0.4, 0.5) is 0 Å². The molecule has 0 aromatic heterocycles. The molecule has 2 N–H and O–H groups in total. The smallest absolute Gasteiger partial charge is 0.221 e. The van der Waals surface area contributed by atoms with Crippen molar-refractivity contribution in [3.8, 4) is 0 Å². The maximum Gasteiger partial charge on any atom is 0.221 e. The van der Waals surface area contributed by atoms with Crippen LogP contribution in [0.2, 0.25) is 0 Å². The fourth-order valence-corrected chi connectivity index (χ4v) is 3.14. The summed E-state index contributed by atoms with van der Waals surface area (Å²) in [7, 11) is 0. The highest BCUT2D eigenvalue weighted by Gasteiger charge is 1.99. The number of carbonyl (C=O) groups excluding carboxylic acids is 1. The predicted octanol–water partition coefficient (Wildman–Crippen LogP) is 5.97. The molecule has 3 nitrogen and oxygen atoms in total. The molecule has 0 atom stereocenters. The number of unbranched alkanes of at least 4 members (excludes halogenated alkanes) is 13. The normalized spacial score (nSPS) is 11.0. The standard InChI is InChI=1S/C22H46N2O/c1-3-5-6-7-8-9-10-11-12-13-14-15-16-17-20-24-22(25)18-21-23-19-4-2/h23H,3-21H2,1-2H3,(H,24,25). The zero-order valence-electron chi connectivity index (χ0n) is 17.3. The van der Waals surface area contributed by atoms with Crippen LogP contribution in [0.15, 0.2) is 0 Å². The Bertz CT molecular complexity index is 269. The van der Waals surface area contributed by atoms with Gasteiger partial charge in [-0.25, -0.2) is 0 Å². The summed E-state index contributed by atoms with van der Waals surface area (Å²) in [4.78, 5) is 11.6. The van der Waals surface area contributed by atoms with Crippen LogP contribution in [-0.4, -0.2) is 25.5 Å². The summed E-state index contributed by atoms with van der Waals surface area (Å²) >= 11 is 0. The van der Waals surface area contributed by atoms with E-state index in [0.29, 0.717) is 6.42 Å². The van der Waals surface area contributed by atoms with Gasteiger partial charge in [-0.3, -0.25) is 4.79 Å². The van der Waals surface area contributed by atoms with Crippen molar-refractivity contribution < 1.29 is 4.79 Å². The van der Waals surface area contributed by atoms with Crippen molar-refractivity contribution in [1.29, 1.82) is 0 Å². The molecular formula is C22H46N2O. The third kappa shape index (κ3) is 21.4. The highest BCUT2D eigenvalue weighted by Crippen LogP contribution is 2.12. The van der Waals surface area contributed by atoms with E-state index in [1.807, 2.05) is 0 Å². The highest BCUT2D eigenvalue weighted by atomic mass is 16.1. The lowest BCUT2D eigenvalue weighted by molar-refractivity contribution is -0.121. The minimum Gasteiger partial charge on any atom is -0.356 e. The lowest BCUT2D eigenvalue weighted by atomic mass is 10.0. The van der Waals surface area contributed by atoms with E-state index in [9.17, 15) is 4.79 Å². The van der Waals surface area contributed by atoms with E-state index >= 15 is 0 Å². The third-order valence-corrected chi connectivity index (χ3v) is 4.81. The number of hydrogen-bond donors (Lipinski definition) is 2. The Hall–Kier alpha value is -0.570. The Morgan fingerprint density at radius 3 is 1.52 bits per heavy atom. The maximum atomic E-state index is 11.6. The van der Waals surface area contributed by atoms with Crippen molar-refractivity contribution in [3.63, 3.8) is 0 Å². The summed E-state index contributed by atoms with van der Waals surface area (Å²) in [6.45, 7) is 7.08. The number of carbonyl (C=O) groups is 1. The summed E-state index contributed by atoms with van der Waals surface area (Å²) in [6.07, 6.45) is 21.0. The van der Waals surface area contributed by atoms with E-state index < -0.39 is 0 Å². The number of hydrogen-bond acceptors (Lipinski definition) is 2. The van der Waals surface area contributed by atoms with Gasteiger partial charge < -0.3 is 10.6 Å². The molecule has 0 saturated carbocycles. The first-order valence-corrected chi connectivity index (χ1v) is 11.3. The molecule has 0 spiro atoms. The molecule has 1 amide bonds. The molecule has 25 heavy (non-hydrogen) atoms. The molecule has 0 aliphatic heterocycles. The molecule has 0 radical (unpaired) electrons. The minimum absolute atomic E-state index is 0.193. The van der Waals surface area contributed by atoms with E-state index in [1.54, 1.807) is 0 Å². The van der Waals surface area contributed by atoms with Gasteiger partial charge in [0.25, 0.3) is 0 Å². The molecule has 0 aliphatic rings. The fourth-order valence-electron chi connectivity index (χ4n) is 3.14. The second-order valence-electron chi connectivity index (χ2n) is 7.45. The molecular weight excluding hydrogens is 308 g/mol. The van der Waals surface area contributed by atoms with Gasteiger partial charge >= 0.3 is 0 Å². The average Bonchev–Trinajstić information content (AvgIpc) is 2.62. The first kappa shape index (κ1) is 24.4. The van der Waals surface area contributed by atoms with Crippen LogP contribution in [-0.2, 0) is 4.79 Å². The lowest BCUT2D eigenvalue weighted by Crippen LogP contribution is -2.28. The molecule has 3 heteroatoms. The van der Waals surface area contributed by atoms with Gasteiger partial charge in [-0.2, -0.15) is 0 Å². The van der Waals surface area contributed by atoms with Gasteiger partial charge in [0, 0.05) is 19.5 Å². The summed E-state index contributed by atoms with van der Waals surface area (Å²) in [5, 5.41) is 6.28. The highest BCUT2D eigenvalue weighted by molar-refractivity contribution is 5.75. The van der Waals surface area contributed by atoms with Crippen LogP contribution >= 0.6 is 0 Å². The van der Waals surface area contributed by atoms with Crippen molar-refractivity contribution in [2.24, 2.45) is 0 Å². The summed E-state index contributed by atoms with van der Waals surface area (Å²) < 4.78 is 0. The fraction of sp³-hybridized carbons (Fsp3) is 0.955. The molecule has 0 bridgehead atoms. The van der Waals surface area contributed by atoms with E-state index in [1.165, 1.54) is 83.5 Å². The van der Waals surface area contributed by atoms with E-state index in [0.717, 1.165) is 32.5 Å². The van der Waals surface area contributed by atoms with Crippen LogP contribution < -0.4 is 10.6 Å². The second kappa shape index (κ2) is 21.5. The minimum atomic E-state index is 0.193. The van der Waals surface area contributed by atoms with Crippen molar-refractivity contribution in [3.05, 3.63) is 0 Å². The Morgan fingerprint density at radius 1 is 0.560 bits per heavy atom. The van der Waals surface area contributed by atoms with Gasteiger partial charge in [0.05, 0.1) is 0 Å². The largest absolute Gasteiger partial charge is 0.356 e. The average molecular weight is 355 g/mol. The molecule has 0 fully saturated rings. The first-order valence-electron chi connectivity index (χ1n) is 11.3. The van der Waals surface area contributed by atoms with Gasteiger partial charge in [-0.1, -0.05) is 97.3 Å². The number of nitrogens with one attached hydrogen (secondary N) is 2. The zero-order chi connectivity index (χ0) is 18.4. The molecule has 150 valence electrons. The van der Waals surface area contributed by atoms with E-state index in [-0.39, 0.29) is 5.91 Å². The second-order valence-corrected chi connectivity index (χ2v) is 7.45. The van der Waals surface area contributed by atoms with Crippen molar-refractivity contribution in [2.45, 2.75) is 117 Å². The molecule has 0 aromatic carbocycles. The Balaban J connectivity index is 3.08. The van der Waals surface area contributed by atoms with Gasteiger partial charge in [0.15, 0.2) is 0 Å². The Morgan fingerprint density at radius 2 is 1.04 bits per heavy atom. The van der Waals surface area contributed by atoms with Crippen molar-refractivity contribution >= 4 is 5.91 Å². The van der Waals surface area contributed by atoms with Gasteiger partial charge in [-0.15, -0.1) is 0 Å². The first-order chi connectivity index (χ1) is 12.3. The summed E-state index contributed by atoms with van der Waals surface area (Å²) in [5.74, 6) is 0.193. The third-order valence-electron chi connectivity index (χ3n) is 4.81. The molecule has 0 aromatic rings. The Labute approximate surface area is 158 Å². The van der Waals surface area contributed by atoms with Gasteiger partial charge in [-0.05, 0) is 19.4 Å². The number of amides is 1. The molecule has 0 heterocycles. The van der Waals surface area contributed by atoms with Crippen molar-refractivity contribution in [1.82, 2.24) is 10.6 Å².